The molecule has 15 heavy (non-hydrogen) atoms. The number of aliphatic imine (C=N–C) groups is 1. The Kier molecular flexibility index (Phi) is 2.55. The molecule has 0 bridgehead atoms. The molecule has 2 aliphatic rings. The van der Waals surface area contributed by atoms with Crippen molar-refractivity contribution < 1.29 is 24.9 Å². The van der Waals surface area contributed by atoms with Crippen LogP contribution in [0.2, 0.25) is 0 Å². The van der Waals surface area contributed by atoms with Gasteiger partial charge in [-0.1, -0.05) is 6.08 Å². The summed E-state index contributed by atoms with van der Waals surface area (Å²) in [5.74, 6) is 0.642. The number of benzene rings is 1. The molecule has 0 saturated heterocycles. The topological polar surface area (TPSA) is 32.7 Å². The molecule has 3 rings (SSSR count). The van der Waals surface area contributed by atoms with Gasteiger partial charge in [-0.15, -0.1) is 35.4 Å². The Bertz CT molecular complexity index is 479. The zero-order chi connectivity index (χ0) is 9.54. The van der Waals surface area contributed by atoms with Crippen LogP contribution in [0.1, 0.15) is 11.1 Å². The van der Waals surface area contributed by atoms with E-state index < -0.39 is 0 Å². The fourth-order valence-corrected chi connectivity index (χ4v) is 1.71. The fourth-order valence-electron chi connectivity index (χ4n) is 1.71. The monoisotopic (exact) mass is 376 g/mol. The molecule has 0 aliphatic carbocycles. The maximum atomic E-state index is 11.1. The van der Waals surface area contributed by atoms with E-state index in [4.69, 9.17) is 0 Å². The average molecular weight is 375 g/mol. The number of carbonyl (C=O) groups excluding carboxylic acids is 1. The van der Waals surface area contributed by atoms with Crippen LogP contribution in [0.15, 0.2) is 29.4 Å². The van der Waals surface area contributed by atoms with Crippen LogP contribution in [0.4, 0.5) is 0 Å². The second-order valence-corrected chi connectivity index (χ2v) is 3.27. The van der Waals surface area contributed by atoms with Gasteiger partial charge in [0.1, 0.15) is 0 Å². The Balaban J connectivity index is 0.000000853. The van der Waals surface area contributed by atoms with E-state index in [1.54, 1.807) is 0 Å². The van der Waals surface area contributed by atoms with Crippen molar-refractivity contribution in [2.24, 2.45) is 4.99 Å². The predicted molar refractivity (Wildman–Crippen MR) is 52.6 cm³/mol. The molecule has 77 valence electrons. The molecule has 4 heteroatoms. The summed E-state index contributed by atoms with van der Waals surface area (Å²) in [6.45, 7) is 0.355. The SMILES string of the molecule is O=C1CN2C=Cc3ccc[c-]c3C2=N1.[Ir]. The van der Waals surface area contributed by atoms with Crippen LogP contribution < -0.4 is 0 Å². The number of hydrogen-bond donors (Lipinski definition) is 0. The Labute approximate surface area is 101 Å². The summed E-state index contributed by atoms with van der Waals surface area (Å²) in [7, 11) is 0. The van der Waals surface area contributed by atoms with Crippen molar-refractivity contribution in [1.29, 1.82) is 0 Å². The van der Waals surface area contributed by atoms with Crippen molar-refractivity contribution in [3.05, 3.63) is 41.6 Å². The van der Waals surface area contributed by atoms with E-state index >= 15 is 0 Å². The third-order valence-electron chi connectivity index (χ3n) is 2.35. The Morgan fingerprint density at radius 2 is 2.33 bits per heavy atom. The number of carbonyl (C=O) groups is 1. The average Bonchev–Trinajstić information content (AvgIpc) is 2.59. The third kappa shape index (κ3) is 1.56. The number of amidine groups is 1. The van der Waals surface area contributed by atoms with Crippen molar-refractivity contribution in [2.75, 3.05) is 6.54 Å². The van der Waals surface area contributed by atoms with E-state index in [2.05, 4.69) is 11.1 Å². The standard InChI is InChI=1S/C11H7N2O.Ir/c14-10-7-13-6-5-8-3-1-2-4-9(8)11(13)12-10;/h1-3,5-6H,7H2;/q-1;. The van der Waals surface area contributed by atoms with Gasteiger partial charge in [0.25, 0.3) is 5.91 Å². The summed E-state index contributed by atoms with van der Waals surface area (Å²) in [5.41, 5.74) is 1.98. The fraction of sp³-hybridized carbons (Fsp3) is 0.0909. The van der Waals surface area contributed by atoms with Crippen molar-refractivity contribution >= 4 is 17.8 Å². The summed E-state index contributed by atoms with van der Waals surface area (Å²) in [6, 6.07) is 8.86. The minimum Gasteiger partial charge on any atom is -0.363 e. The van der Waals surface area contributed by atoms with Gasteiger partial charge in [-0.05, 0) is 6.20 Å². The predicted octanol–water partition coefficient (Wildman–Crippen LogP) is 1.06. The second kappa shape index (κ2) is 3.72. The van der Waals surface area contributed by atoms with Crippen LogP contribution >= 0.6 is 0 Å². The molecular weight excluding hydrogens is 368 g/mol. The molecule has 1 aromatic rings. The first-order valence-electron chi connectivity index (χ1n) is 4.42. The van der Waals surface area contributed by atoms with E-state index in [1.165, 1.54) is 0 Å². The number of fused-ring (bicyclic) bond motifs is 3. The van der Waals surface area contributed by atoms with Crippen molar-refractivity contribution in [2.45, 2.75) is 0 Å². The van der Waals surface area contributed by atoms with E-state index in [9.17, 15) is 4.79 Å². The Morgan fingerprint density at radius 1 is 1.47 bits per heavy atom. The normalized spacial score (nSPS) is 16.7. The molecule has 0 atom stereocenters. The van der Waals surface area contributed by atoms with Gasteiger partial charge in [-0.3, -0.25) is 4.79 Å². The van der Waals surface area contributed by atoms with Gasteiger partial charge in [0, 0.05) is 20.1 Å². The van der Waals surface area contributed by atoms with Gasteiger partial charge in [0.15, 0.2) is 0 Å². The molecule has 1 radical (unpaired) electrons. The second-order valence-electron chi connectivity index (χ2n) is 3.27. The summed E-state index contributed by atoms with van der Waals surface area (Å²) in [5, 5.41) is 0. The first-order chi connectivity index (χ1) is 6.84. The first kappa shape index (κ1) is 10.3. The molecule has 1 amide bonds. The molecule has 0 aromatic heterocycles. The van der Waals surface area contributed by atoms with Crippen LogP contribution in [0.25, 0.3) is 6.08 Å². The number of rotatable bonds is 0. The molecule has 0 fully saturated rings. The Morgan fingerprint density at radius 3 is 3.20 bits per heavy atom. The number of amides is 1. The van der Waals surface area contributed by atoms with E-state index in [1.807, 2.05) is 35.4 Å². The van der Waals surface area contributed by atoms with Crippen LogP contribution in [0.5, 0.6) is 0 Å². The van der Waals surface area contributed by atoms with Crippen LogP contribution in [0.3, 0.4) is 0 Å². The maximum absolute atomic E-state index is 11.1. The van der Waals surface area contributed by atoms with Crippen LogP contribution in [-0.2, 0) is 24.9 Å². The molecular formula is C11H7IrN2O-. The molecule has 0 N–H and O–H groups in total. The third-order valence-corrected chi connectivity index (χ3v) is 2.35. The van der Waals surface area contributed by atoms with Crippen molar-refractivity contribution in [3.8, 4) is 0 Å². The summed E-state index contributed by atoms with van der Waals surface area (Å²) < 4.78 is 0. The van der Waals surface area contributed by atoms with Crippen molar-refractivity contribution in [1.82, 2.24) is 4.90 Å². The van der Waals surface area contributed by atoms with Gasteiger partial charge in [-0.25, -0.2) is 4.99 Å². The molecule has 0 spiro atoms. The van der Waals surface area contributed by atoms with Gasteiger partial charge in [-0.2, -0.15) is 0 Å². The smallest absolute Gasteiger partial charge is 0.257 e. The minimum atomic E-state index is -0.0882. The first-order valence-corrected chi connectivity index (χ1v) is 4.42. The molecule has 2 heterocycles. The van der Waals surface area contributed by atoms with Crippen LogP contribution in [0, 0.1) is 6.07 Å². The largest absolute Gasteiger partial charge is 0.363 e. The minimum absolute atomic E-state index is 0. The van der Waals surface area contributed by atoms with Crippen LogP contribution in [-0.4, -0.2) is 23.2 Å². The summed E-state index contributed by atoms with van der Waals surface area (Å²) in [4.78, 5) is 17.0. The van der Waals surface area contributed by atoms with Crippen molar-refractivity contribution in [3.63, 3.8) is 0 Å². The Hall–Kier alpha value is -1.25. The summed E-state index contributed by atoms with van der Waals surface area (Å²) in [6.07, 6.45) is 3.86. The molecule has 3 nitrogen and oxygen atoms in total. The molecule has 1 aromatic carbocycles. The van der Waals surface area contributed by atoms with E-state index in [0.717, 1.165) is 17.0 Å². The maximum Gasteiger partial charge on any atom is 0.257 e. The zero-order valence-corrected chi connectivity index (χ0v) is 10.1. The van der Waals surface area contributed by atoms with E-state index in [0.29, 0.717) is 6.54 Å². The van der Waals surface area contributed by atoms with E-state index in [-0.39, 0.29) is 26.0 Å². The van der Waals surface area contributed by atoms with Gasteiger partial charge >= 0.3 is 0 Å². The molecule has 0 saturated carbocycles. The van der Waals surface area contributed by atoms with Gasteiger partial charge < -0.3 is 4.90 Å². The molecule has 2 aliphatic heterocycles. The number of hydrogen-bond acceptors (Lipinski definition) is 2. The van der Waals surface area contributed by atoms with Gasteiger partial charge in [0.05, 0.1) is 12.4 Å². The zero-order valence-electron chi connectivity index (χ0n) is 7.73. The number of nitrogens with zero attached hydrogens (tertiary/aromatic N) is 2. The summed E-state index contributed by atoms with van der Waals surface area (Å²) >= 11 is 0. The molecule has 0 unspecified atom stereocenters. The quantitative estimate of drug-likeness (QED) is 0.636. The van der Waals surface area contributed by atoms with Gasteiger partial charge in [0.2, 0.25) is 0 Å².